The number of ether oxygens (including phenoxy) is 2. The number of benzene rings is 2. The Morgan fingerprint density at radius 2 is 1.97 bits per heavy atom. The minimum absolute atomic E-state index is 0.0708. The molecular formula is C24H30N2O3. The fraction of sp³-hybridized carbons (Fsp3) is 0.417. The number of H-pyrrole nitrogens is 1. The second kappa shape index (κ2) is 8.57. The molecule has 2 aromatic carbocycles. The van der Waals surface area contributed by atoms with Crippen LogP contribution in [0, 0.1) is 6.92 Å². The van der Waals surface area contributed by atoms with Crippen LogP contribution in [0.3, 0.4) is 0 Å². The van der Waals surface area contributed by atoms with Crippen molar-refractivity contribution >= 4 is 10.9 Å². The van der Waals surface area contributed by atoms with Gasteiger partial charge in [-0.15, -0.1) is 0 Å². The molecule has 2 atom stereocenters. The van der Waals surface area contributed by atoms with Crippen LogP contribution in [0.4, 0.5) is 0 Å². The van der Waals surface area contributed by atoms with E-state index in [9.17, 15) is 5.11 Å². The van der Waals surface area contributed by atoms with E-state index in [1.165, 1.54) is 27.6 Å². The highest BCUT2D eigenvalue weighted by atomic mass is 16.5. The van der Waals surface area contributed by atoms with Gasteiger partial charge in [-0.2, -0.15) is 0 Å². The maximum absolute atomic E-state index is 9.38. The fourth-order valence-electron chi connectivity index (χ4n) is 4.56. The van der Waals surface area contributed by atoms with Gasteiger partial charge in [0.05, 0.1) is 19.8 Å². The predicted molar refractivity (Wildman–Crippen MR) is 115 cm³/mol. The number of hydrogen-bond donors (Lipinski definition) is 2. The SMILES string of the molecule is COc1cc(C)c2[nH]ccc2c1CN1CCC(OC)CC1c1ccc(CO)cc1. The van der Waals surface area contributed by atoms with Gasteiger partial charge in [0.25, 0.3) is 0 Å². The van der Waals surface area contributed by atoms with Crippen LogP contribution in [0.1, 0.15) is 41.1 Å². The third kappa shape index (κ3) is 3.90. The average Bonchev–Trinajstić information content (AvgIpc) is 3.26. The number of aliphatic hydroxyl groups excluding tert-OH is 1. The predicted octanol–water partition coefficient (Wildman–Crippen LogP) is 4.33. The third-order valence-corrected chi connectivity index (χ3v) is 6.24. The summed E-state index contributed by atoms with van der Waals surface area (Å²) in [5.41, 5.74) is 5.80. The Kier molecular flexibility index (Phi) is 5.90. The number of aliphatic hydroxyl groups is 1. The van der Waals surface area contributed by atoms with Gasteiger partial charge in [-0.05, 0) is 48.6 Å². The molecule has 1 saturated heterocycles. The first kappa shape index (κ1) is 20.0. The van der Waals surface area contributed by atoms with E-state index in [4.69, 9.17) is 9.47 Å². The summed E-state index contributed by atoms with van der Waals surface area (Å²) in [4.78, 5) is 5.90. The maximum atomic E-state index is 9.38. The third-order valence-electron chi connectivity index (χ3n) is 6.24. The molecule has 1 aliphatic rings. The lowest BCUT2D eigenvalue weighted by molar-refractivity contribution is 0.00675. The Morgan fingerprint density at radius 3 is 2.66 bits per heavy atom. The van der Waals surface area contributed by atoms with Gasteiger partial charge in [0.15, 0.2) is 0 Å². The van der Waals surface area contributed by atoms with Crippen molar-refractivity contribution in [2.24, 2.45) is 0 Å². The van der Waals surface area contributed by atoms with E-state index in [2.05, 4.69) is 41.1 Å². The summed E-state index contributed by atoms with van der Waals surface area (Å²) < 4.78 is 11.5. The summed E-state index contributed by atoms with van der Waals surface area (Å²) in [6.45, 7) is 3.97. The monoisotopic (exact) mass is 394 g/mol. The second-order valence-corrected chi connectivity index (χ2v) is 7.91. The first-order chi connectivity index (χ1) is 14.1. The van der Waals surface area contributed by atoms with Gasteiger partial charge in [-0.3, -0.25) is 4.90 Å². The van der Waals surface area contributed by atoms with Crippen LogP contribution in [0.25, 0.3) is 10.9 Å². The molecule has 29 heavy (non-hydrogen) atoms. The summed E-state index contributed by atoms with van der Waals surface area (Å²) in [5, 5.41) is 10.6. The number of hydrogen-bond acceptors (Lipinski definition) is 4. The van der Waals surface area contributed by atoms with Crippen molar-refractivity contribution in [3.63, 3.8) is 0 Å². The second-order valence-electron chi connectivity index (χ2n) is 7.91. The molecule has 0 bridgehead atoms. The van der Waals surface area contributed by atoms with Gasteiger partial charge in [0.1, 0.15) is 5.75 Å². The summed E-state index contributed by atoms with van der Waals surface area (Å²) in [6.07, 6.45) is 4.25. The molecule has 4 rings (SSSR count). The van der Waals surface area contributed by atoms with Crippen LogP contribution in [-0.4, -0.2) is 41.9 Å². The number of aromatic nitrogens is 1. The minimum Gasteiger partial charge on any atom is -0.496 e. The van der Waals surface area contributed by atoms with Crippen LogP contribution in [0.15, 0.2) is 42.6 Å². The Balaban J connectivity index is 1.69. The van der Waals surface area contributed by atoms with E-state index in [-0.39, 0.29) is 18.8 Å². The number of nitrogens with zero attached hydrogens (tertiary/aromatic N) is 1. The average molecular weight is 395 g/mol. The molecule has 0 spiro atoms. The molecule has 1 fully saturated rings. The van der Waals surface area contributed by atoms with E-state index in [1.54, 1.807) is 14.2 Å². The van der Waals surface area contributed by atoms with Gasteiger partial charge < -0.3 is 19.6 Å². The van der Waals surface area contributed by atoms with Gasteiger partial charge in [-0.25, -0.2) is 0 Å². The normalized spacial score (nSPS) is 20.3. The fourth-order valence-corrected chi connectivity index (χ4v) is 4.56. The van der Waals surface area contributed by atoms with Gasteiger partial charge >= 0.3 is 0 Å². The van der Waals surface area contributed by atoms with Crippen LogP contribution in [0.5, 0.6) is 5.75 Å². The number of fused-ring (bicyclic) bond motifs is 1. The number of aromatic amines is 1. The van der Waals surface area contributed by atoms with Crippen LogP contribution in [0.2, 0.25) is 0 Å². The number of rotatable bonds is 6. The molecule has 0 aliphatic carbocycles. The van der Waals surface area contributed by atoms with Gasteiger partial charge in [-0.1, -0.05) is 24.3 Å². The molecule has 1 aromatic heterocycles. The smallest absolute Gasteiger partial charge is 0.124 e. The topological polar surface area (TPSA) is 57.7 Å². The highest BCUT2D eigenvalue weighted by molar-refractivity contribution is 5.88. The number of nitrogens with one attached hydrogen (secondary N) is 1. The minimum atomic E-state index is 0.0708. The van der Waals surface area contributed by atoms with E-state index < -0.39 is 0 Å². The first-order valence-corrected chi connectivity index (χ1v) is 10.2. The Morgan fingerprint density at radius 1 is 1.17 bits per heavy atom. The van der Waals surface area contributed by atoms with Crippen molar-refractivity contribution in [3.8, 4) is 5.75 Å². The Labute approximate surface area is 172 Å². The zero-order valence-corrected chi connectivity index (χ0v) is 17.4. The molecule has 2 heterocycles. The van der Waals surface area contributed by atoms with Gasteiger partial charge in [0, 0.05) is 48.9 Å². The molecule has 2 unspecified atom stereocenters. The molecule has 5 heteroatoms. The molecule has 0 amide bonds. The lowest BCUT2D eigenvalue weighted by Gasteiger charge is -2.39. The van der Waals surface area contributed by atoms with Crippen molar-refractivity contribution in [1.82, 2.24) is 9.88 Å². The molecule has 154 valence electrons. The van der Waals surface area contributed by atoms with E-state index in [1.807, 2.05) is 18.3 Å². The van der Waals surface area contributed by atoms with Crippen molar-refractivity contribution in [1.29, 1.82) is 0 Å². The zero-order chi connectivity index (χ0) is 20.4. The van der Waals surface area contributed by atoms with Crippen LogP contribution >= 0.6 is 0 Å². The Hall–Kier alpha value is -2.34. The summed E-state index contributed by atoms with van der Waals surface area (Å²) in [6, 6.07) is 12.8. The molecule has 0 saturated carbocycles. The number of aryl methyl sites for hydroxylation is 1. The molecule has 3 aromatic rings. The quantitative estimate of drug-likeness (QED) is 0.653. The largest absolute Gasteiger partial charge is 0.496 e. The van der Waals surface area contributed by atoms with Crippen molar-refractivity contribution < 1.29 is 14.6 Å². The summed E-state index contributed by atoms with van der Waals surface area (Å²) in [7, 11) is 3.55. The molecule has 2 N–H and O–H groups in total. The van der Waals surface area contributed by atoms with E-state index in [0.717, 1.165) is 37.2 Å². The van der Waals surface area contributed by atoms with Crippen molar-refractivity contribution in [2.75, 3.05) is 20.8 Å². The Bertz CT molecular complexity index is 964. The standard InChI is InChI=1S/C24H30N2O3/c1-16-12-23(29-3)21(20-8-10-25-24(16)20)14-26-11-9-19(28-2)13-22(26)18-6-4-17(15-27)5-7-18/h4-8,10,12,19,22,25,27H,9,11,13-15H2,1-3H3. The lowest BCUT2D eigenvalue weighted by Crippen LogP contribution is -2.39. The highest BCUT2D eigenvalue weighted by Crippen LogP contribution is 2.37. The molecule has 5 nitrogen and oxygen atoms in total. The van der Waals surface area contributed by atoms with Crippen molar-refractivity contribution in [2.45, 2.75) is 45.1 Å². The molecule has 0 radical (unpaired) electrons. The van der Waals surface area contributed by atoms with Gasteiger partial charge in [0.2, 0.25) is 0 Å². The summed E-state index contributed by atoms with van der Waals surface area (Å²) in [5.74, 6) is 0.942. The lowest BCUT2D eigenvalue weighted by atomic mass is 9.91. The van der Waals surface area contributed by atoms with Crippen LogP contribution < -0.4 is 4.74 Å². The highest BCUT2D eigenvalue weighted by Gasteiger charge is 2.30. The van der Waals surface area contributed by atoms with Crippen molar-refractivity contribution in [3.05, 3.63) is 64.8 Å². The first-order valence-electron chi connectivity index (χ1n) is 10.2. The molecule has 1 aliphatic heterocycles. The van der Waals surface area contributed by atoms with Crippen LogP contribution in [-0.2, 0) is 17.9 Å². The summed E-state index contributed by atoms with van der Waals surface area (Å²) >= 11 is 0. The number of piperidine rings is 1. The number of methoxy groups -OCH3 is 2. The molecular weight excluding hydrogens is 364 g/mol. The van der Waals surface area contributed by atoms with E-state index >= 15 is 0 Å². The zero-order valence-electron chi connectivity index (χ0n) is 17.4. The maximum Gasteiger partial charge on any atom is 0.124 e. The number of likely N-dealkylation sites (tertiary alicyclic amines) is 1. The van der Waals surface area contributed by atoms with E-state index in [0.29, 0.717) is 0 Å².